The molecule has 174 valence electrons. The second-order valence-corrected chi connectivity index (χ2v) is 7.68. The lowest BCUT2D eigenvalue weighted by Gasteiger charge is -2.22. The molecular formula is C24H21N3O7. The lowest BCUT2D eigenvalue weighted by Crippen LogP contribution is -2.47. The maximum atomic E-state index is 13.1. The molecule has 1 aromatic heterocycles. The topological polar surface area (TPSA) is 149 Å². The van der Waals surface area contributed by atoms with E-state index in [4.69, 9.17) is 14.9 Å². The summed E-state index contributed by atoms with van der Waals surface area (Å²) in [6, 6.07) is 8.49. The molecule has 3 N–H and O–H groups in total. The highest BCUT2D eigenvalue weighted by molar-refractivity contribution is 6.23. The molecule has 1 unspecified atom stereocenters. The third-order valence-corrected chi connectivity index (χ3v) is 5.70. The van der Waals surface area contributed by atoms with E-state index >= 15 is 0 Å². The molecule has 0 aliphatic carbocycles. The van der Waals surface area contributed by atoms with Crippen LogP contribution in [-0.2, 0) is 16.1 Å². The highest BCUT2D eigenvalue weighted by atomic mass is 16.5. The van der Waals surface area contributed by atoms with Gasteiger partial charge < -0.3 is 25.0 Å². The Morgan fingerprint density at radius 2 is 2.00 bits per heavy atom. The minimum atomic E-state index is -1.24. The van der Waals surface area contributed by atoms with Crippen LogP contribution in [0.1, 0.15) is 49.5 Å². The van der Waals surface area contributed by atoms with Crippen molar-refractivity contribution in [1.29, 1.82) is 0 Å². The number of furan rings is 1. The predicted molar refractivity (Wildman–Crippen MR) is 119 cm³/mol. The number of fused-ring (bicyclic) bond motifs is 2. The minimum Gasteiger partial charge on any atom is -0.497 e. The smallest absolute Gasteiger partial charge is 0.262 e. The number of aldehydes is 1. The molecule has 4 amide bonds. The van der Waals surface area contributed by atoms with E-state index in [9.17, 15) is 24.0 Å². The first-order chi connectivity index (χ1) is 16.4. The van der Waals surface area contributed by atoms with Crippen molar-refractivity contribution in [3.05, 3.63) is 64.9 Å². The van der Waals surface area contributed by atoms with E-state index in [0.29, 0.717) is 34.1 Å². The number of amides is 4. The van der Waals surface area contributed by atoms with E-state index in [2.05, 4.69) is 5.32 Å². The van der Waals surface area contributed by atoms with Gasteiger partial charge in [-0.1, -0.05) is 12.1 Å². The van der Waals surface area contributed by atoms with Crippen molar-refractivity contribution >= 4 is 40.9 Å². The summed E-state index contributed by atoms with van der Waals surface area (Å²) in [4.78, 5) is 62.3. The molecule has 3 aromatic rings. The van der Waals surface area contributed by atoms with Gasteiger partial charge in [-0.2, -0.15) is 0 Å². The molecule has 0 fully saturated rings. The quantitative estimate of drug-likeness (QED) is 0.363. The van der Waals surface area contributed by atoms with Gasteiger partial charge in [0.15, 0.2) is 0 Å². The van der Waals surface area contributed by atoms with Gasteiger partial charge in [-0.25, -0.2) is 0 Å². The normalized spacial score (nSPS) is 13.6. The predicted octanol–water partition coefficient (Wildman–Crippen LogP) is 1.80. The Balaban J connectivity index is 1.57. The number of hydrogen-bond donors (Lipinski definition) is 2. The van der Waals surface area contributed by atoms with Crippen molar-refractivity contribution in [2.45, 2.75) is 25.4 Å². The number of primary amides is 1. The Morgan fingerprint density at radius 1 is 1.21 bits per heavy atom. The third-order valence-electron chi connectivity index (χ3n) is 5.70. The van der Waals surface area contributed by atoms with E-state index in [0.717, 1.165) is 4.90 Å². The van der Waals surface area contributed by atoms with E-state index in [1.54, 1.807) is 30.3 Å². The van der Waals surface area contributed by atoms with Crippen LogP contribution in [0.4, 0.5) is 0 Å². The molecule has 0 spiro atoms. The van der Waals surface area contributed by atoms with Crippen molar-refractivity contribution in [2.75, 3.05) is 7.11 Å². The number of hydrogen-bond acceptors (Lipinski definition) is 7. The van der Waals surface area contributed by atoms with Crippen LogP contribution in [0.25, 0.3) is 11.0 Å². The molecular weight excluding hydrogens is 442 g/mol. The summed E-state index contributed by atoms with van der Waals surface area (Å²) in [6.45, 7) is -0.0483. The average Bonchev–Trinajstić information content (AvgIpc) is 3.37. The van der Waals surface area contributed by atoms with Crippen molar-refractivity contribution in [3.63, 3.8) is 0 Å². The summed E-state index contributed by atoms with van der Waals surface area (Å²) in [7, 11) is 1.52. The summed E-state index contributed by atoms with van der Waals surface area (Å²) >= 11 is 0. The number of nitrogens with zero attached hydrogens (tertiary/aromatic N) is 1. The number of nitrogens with two attached hydrogens (primary N) is 1. The first-order valence-corrected chi connectivity index (χ1v) is 10.4. The number of carbonyl (C=O) groups excluding carboxylic acids is 5. The fourth-order valence-electron chi connectivity index (χ4n) is 4.01. The van der Waals surface area contributed by atoms with E-state index in [1.165, 1.54) is 19.4 Å². The molecule has 4 rings (SSSR count). The van der Waals surface area contributed by atoms with Crippen molar-refractivity contribution in [2.24, 2.45) is 5.73 Å². The number of methoxy groups -OCH3 is 1. The molecule has 1 aliphatic heterocycles. The molecule has 0 saturated heterocycles. The summed E-state index contributed by atoms with van der Waals surface area (Å²) in [5.41, 5.74) is 6.78. The van der Waals surface area contributed by atoms with Gasteiger partial charge >= 0.3 is 0 Å². The van der Waals surface area contributed by atoms with Crippen LogP contribution in [0.15, 0.2) is 47.1 Å². The van der Waals surface area contributed by atoms with Gasteiger partial charge in [-0.05, 0) is 30.2 Å². The fourth-order valence-corrected chi connectivity index (χ4v) is 4.01. The number of ether oxygens (including phenoxy) is 1. The largest absolute Gasteiger partial charge is 0.497 e. The number of benzene rings is 2. The Labute approximate surface area is 193 Å². The molecule has 0 saturated carbocycles. The van der Waals surface area contributed by atoms with Crippen LogP contribution < -0.4 is 15.8 Å². The zero-order valence-electron chi connectivity index (χ0n) is 18.2. The minimum absolute atomic E-state index is 0.0333. The second kappa shape index (κ2) is 9.18. The van der Waals surface area contributed by atoms with Crippen molar-refractivity contribution in [1.82, 2.24) is 10.2 Å². The second-order valence-electron chi connectivity index (χ2n) is 7.68. The summed E-state index contributed by atoms with van der Waals surface area (Å²) in [5, 5.41) is 3.33. The molecule has 0 radical (unpaired) electrons. The number of nitrogens with one attached hydrogen (secondary N) is 1. The summed E-state index contributed by atoms with van der Waals surface area (Å²) < 4.78 is 10.6. The zero-order chi connectivity index (χ0) is 24.4. The Kier molecular flexibility index (Phi) is 6.13. The molecule has 1 aliphatic rings. The van der Waals surface area contributed by atoms with Crippen LogP contribution in [-0.4, -0.2) is 48.0 Å². The van der Waals surface area contributed by atoms with Crippen LogP contribution in [0, 0.1) is 0 Å². The monoisotopic (exact) mass is 463 g/mol. The Bertz CT molecular complexity index is 1330. The van der Waals surface area contributed by atoms with Gasteiger partial charge in [0.25, 0.3) is 17.7 Å². The molecule has 10 nitrogen and oxygen atoms in total. The van der Waals surface area contributed by atoms with Crippen molar-refractivity contribution in [3.8, 4) is 5.75 Å². The SMILES string of the molecule is COc1ccc2c(C(=O)NCc3cccc4c3C(=O)N(C(CCC=O)C(N)=O)C4=O)coc2c1. The maximum Gasteiger partial charge on any atom is 0.262 e. The van der Waals surface area contributed by atoms with E-state index < -0.39 is 29.7 Å². The highest BCUT2D eigenvalue weighted by Crippen LogP contribution is 2.29. The van der Waals surface area contributed by atoms with E-state index in [1.807, 2.05) is 0 Å². The first-order valence-electron chi connectivity index (χ1n) is 10.4. The van der Waals surface area contributed by atoms with Crippen molar-refractivity contribution < 1.29 is 33.1 Å². The molecule has 1 atom stereocenters. The van der Waals surface area contributed by atoms with Crippen LogP contribution in [0.2, 0.25) is 0 Å². The van der Waals surface area contributed by atoms with Gasteiger partial charge in [-0.3, -0.25) is 24.1 Å². The lowest BCUT2D eigenvalue weighted by molar-refractivity contribution is -0.122. The number of carbonyl (C=O) groups is 5. The zero-order valence-corrected chi connectivity index (χ0v) is 18.2. The van der Waals surface area contributed by atoms with Gasteiger partial charge in [-0.15, -0.1) is 0 Å². The summed E-state index contributed by atoms with van der Waals surface area (Å²) in [6.07, 6.45) is 1.82. The molecule has 10 heteroatoms. The van der Waals surface area contributed by atoms with Crippen LogP contribution in [0.5, 0.6) is 5.75 Å². The van der Waals surface area contributed by atoms with Gasteiger partial charge in [0.2, 0.25) is 5.91 Å². The Morgan fingerprint density at radius 3 is 2.71 bits per heavy atom. The Hall–Kier alpha value is -4.47. The number of imide groups is 1. The van der Waals surface area contributed by atoms with Gasteiger partial charge in [0, 0.05) is 24.4 Å². The van der Waals surface area contributed by atoms with Crippen LogP contribution in [0.3, 0.4) is 0 Å². The average molecular weight is 463 g/mol. The third kappa shape index (κ3) is 3.90. The fraction of sp³-hybridized carbons (Fsp3) is 0.208. The standard InChI is InChI=1S/C24H21N3O7/c1-33-14-7-8-15-17(12-34-19(15)10-14)22(30)26-11-13-4-2-5-16-20(13)24(32)27(23(16)31)18(21(25)29)6-3-9-28/h2,4-5,7-10,12,18H,3,6,11H2,1H3,(H2,25,29)(H,26,30). The maximum absolute atomic E-state index is 13.1. The number of rotatable bonds is 9. The van der Waals surface area contributed by atoms with Crippen LogP contribution >= 0.6 is 0 Å². The molecule has 2 heterocycles. The summed E-state index contributed by atoms with van der Waals surface area (Å²) in [5.74, 6) is -2.09. The highest BCUT2D eigenvalue weighted by Gasteiger charge is 2.43. The lowest BCUT2D eigenvalue weighted by atomic mass is 10.0. The molecule has 2 aromatic carbocycles. The first kappa shape index (κ1) is 22.7. The molecule has 34 heavy (non-hydrogen) atoms. The van der Waals surface area contributed by atoms with Gasteiger partial charge in [0.1, 0.15) is 29.9 Å². The van der Waals surface area contributed by atoms with E-state index in [-0.39, 0.29) is 30.5 Å². The molecule has 0 bridgehead atoms. The van der Waals surface area contributed by atoms with Gasteiger partial charge in [0.05, 0.1) is 23.8 Å².